The van der Waals surface area contributed by atoms with Gasteiger partial charge in [0.05, 0.1) is 5.92 Å². The minimum absolute atomic E-state index is 0.0329. The Morgan fingerprint density at radius 3 is 2.93 bits per heavy atom. The normalized spacial score (nSPS) is 35.9. The van der Waals surface area contributed by atoms with Gasteiger partial charge in [0.2, 0.25) is 5.91 Å². The van der Waals surface area contributed by atoms with E-state index in [1.165, 1.54) is 0 Å². The second-order valence-corrected chi connectivity index (χ2v) is 5.50. The van der Waals surface area contributed by atoms with Gasteiger partial charge in [-0.2, -0.15) is 11.8 Å². The molecule has 1 heterocycles. The molecule has 4 heteroatoms. The number of hydrogen-bond donors (Lipinski definition) is 1. The van der Waals surface area contributed by atoms with E-state index in [-0.39, 0.29) is 17.9 Å². The fourth-order valence-corrected chi connectivity index (χ4v) is 3.19. The summed E-state index contributed by atoms with van der Waals surface area (Å²) in [5.41, 5.74) is 5.77. The summed E-state index contributed by atoms with van der Waals surface area (Å²) in [5.74, 6) is 2.44. The lowest BCUT2D eigenvalue weighted by Crippen LogP contribution is -2.46. The number of nitrogens with zero attached hydrogens (tertiary/aromatic N) is 1. The summed E-state index contributed by atoms with van der Waals surface area (Å²) in [6, 6.07) is 0.454. The van der Waals surface area contributed by atoms with Gasteiger partial charge in [0.15, 0.2) is 0 Å². The van der Waals surface area contributed by atoms with Crippen molar-refractivity contribution in [2.75, 3.05) is 18.1 Å². The highest BCUT2D eigenvalue weighted by Gasteiger charge is 2.30. The van der Waals surface area contributed by atoms with Crippen LogP contribution in [0.2, 0.25) is 0 Å². The Kier molecular flexibility index (Phi) is 3.36. The van der Waals surface area contributed by atoms with Crippen LogP contribution in [-0.2, 0) is 4.79 Å². The van der Waals surface area contributed by atoms with Crippen molar-refractivity contribution in [3.05, 3.63) is 12.2 Å². The van der Waals surface area contributed by atoms with Crippen molar-refractivity contribution in [1.82, 2.24) is 4.90 Å². The quantitative estimate of drug-likeness (QED) is 0.674. The van der Waals surface area contributed by atoms with Gasteiger partial charge in [0.1, 0.15) is 0 Å². The van der Waals surface area contributed by atoms with Gasteiger partial charge in [-0.15, -0.1) is 0 Å². The Morgan fingerprint density at radius 2 is 2.33 bits per heavy atom. The molecule has 0 spiro atoms. The molecule has 0 saturated carbocycles. The molecule has 1 aliphatic heterocycles. The molecule has 2 rings (SSSR count). The van der Waals surface area contributed by atoms with Crippen molar-refractivity contribution in [2.45, 2.75) is 25.4 Å². The smallest absolute Gasteiger partial charge is 0.229 e. The van der Waals surface area contributed by atoms with Crippen LogP contribution in [0.1, 0.15) is 13.3 Å². The average Bonchev–Trinajstić information content (AvgIpc) is 2.65. The van der Waals surface area contributed by atoms with Crippen LogP contribution in [0.25, 0.3) is 0 Å². The van der Waals surface area contributed by atoms with E-state index in [1.54, 1.807) is 0 Å². The molecule has 15 heavy (non-hydrogen) atoms. The molecule has 1 aliphatic carbocycles. The Morgan fingerprint density at radius 1 is 1.53 bits per heavy atom. The van der Waals surface area contributed by atoms with Crippen molar-refractivity contribution in [2.24, 2.45) is 11.7 Å². The van der Waals surface area contributed by atoms with Crippen molar-refractivity contribution < 1.29 is 4.79 Å². The average molecular weight is 226 g/mol. The third-order valence-corrected chi connectivity index (χ3v) is 4.27. The van der Waals surface area contributed by atoms with Crippen LogP contribution in [0.3, 0.4) is 0 Å². The van der Waals surface area contributed by atoms with Crippen LogP contribution in [0.15, 0.2) is 12.2 Å². The van der Waals surface area contributed by atoms with Gasteiger partial charge in [-0.05, 0) is 13.3 Å². The fourth-order valence-electron chi connectivity index (χ4n) is 2.18. The monoisotopic (exact) mass is 226 g/mol. The zero-order chi connectivity index (χ0) is 10.8. The third-order valence-electron chi connectivity index (χ3n) is 3.08. The van der Waals surface area contributed by atoms with E-state index >= 15 is 0 Å². The van der Waals surface area contributed by atoms with Crippen LogP contribution in [0, 0.1) is 5.92 Å². The Balaban J connectivity index is 1.98. The maximum Gasteiger partial charge on any atom is 0.229 e. The Bertz CT molecular complexity index is 280. The standard InChI is InChI=1S/C11H18N2OS/c1-8-7-15-5-4-13(8)11(14)9-2-3-10(12)6-9/h2-3,8-10H,4-7,12H2,1H3. The predicted octanol–water partition coefficient (Wildman–Crippen LogP) is 0.854. The van der Waals surface area contributed by atoms with Crippen molar-refractivity contribution >= 4 is 17.7 Å². The first kappa shape index (κ1) is 11.0. The first-order chi connectivity index (χ1) is 7.18. The fraction of sp³-hybridized carbons (Fsp3) is 0.727. The summed E-state index contributed by atoms with van der Waals surface area (Å²) in [7, 11) is 0. The summed E-state index contributed by atoms with van der Waals surface area (Å²) in [6.07, 6.45) is 4.71. The maximum atomic E-state index is 12.2. The molecule has 1 fully saturated rings. The summed E-state index contributed by atoms with van der Waals surface area (Å²) in [4.78, 5) is 14.2. The molecule has 0 bridgehead atoms. The highest BCUT2D eigenvalue weighted by Crippen LogP contribution is 2.23. The number of nitrogens with two attached hydrogens (primary N) is 1. The van der Waals surface area contributed by atoms with E-state index < -0.39 is 0 Å². The molecule has 0 aromatic rings. The zero-order valence-electron chi connectivity index (χ0n) is 9.06. The van der Waals surface area contributed by atoms with E-state index in [1.807, 2.05) is 28.8 Å². The third kappa shape index (κ3) is 2.37. The van der Waals surface area contributed by atoms with Crippen LogP contribution >= 0.6 is 11.8 Å². The van der Waals surface area contributed by atoms with E-state index in [9.17, 15) is 4.79 Å². The van der Waals surface area contributed by atoms with Crippen LogP contribution in [-0.4, -0.2) is 40.9 Å². The van der Waals surface area contributed by atoms with Crippen LogP contribution in [0.4, 0.5) is 0 Å². The lowest BCUT2D eigenvalue weighted by Gasteiger charge is -2.34. The molecule has 3 unspecified atom stereocenters. The Hall–Kier alpha value is -0.480. The van der Waals surface area contributed by atoms with Crippen molar-refractivity contribution in [1.29, 1.82) is 0 Å². The number of hydrogen-bond acceptors (Lipinski definition) is 3. The molecule has 2 aliphatic rings. The van der Waals surface area contributed by atoms with E-state index in [4.69, 9.17) is 5.73 Å². The molecular weight excluding hydrogens is 208 g/mol. The topological polar surface area (TPSA) is 46.3 Å². The number of rotatable bonds is 1. The second kappa shape index (κ2) is 4.58. The minimum Gasteiger partial charge on any atom is -0.338 e. The van der Waals surface area contributed by atoms with Crippen LogP contribution in [0.5, 0.6) is 0 Å². The van der Waals surface area contributed by atoms with Gasteiger partial charge in [-0.1, -0.05) is 12.2 Å². The van der Waals surface area contributed by atoms with Gasteiger partial charge in [-0.25, -0.2) is 0 Å². The molecule has 1 saturated heterocycles. The molecule has 2 N–H and O–H groups in total. The largest absolute Gasteiger partial charge is 0.338 e. The number of carbonyl (C=O) groups excluding carboxylic acids is 1. The molecule has 0 radical (unpaired) electrons. The van der Waals surface area contributed by atoms with E-state index in [0.717, 1.165) is 24.5 Å². The Labute approximate surface area is 95.1 Å². The second-order valence-electron chi connectivity index (χ2n) is 4.35. The zero-order valence-corrected chi connectivity index (χ0v) is 9.87. The van der Waals surface area contributed by atoms with E-state index in [0.29, 0.717) is 6.04 Å². The van der Waals surface area contributed by atoms with Gasteiger partial charge in [0.25, 0.3) is 0 Å². The molecule has 1 amide bonds. The van der Waals surface area contributed by atoms with Gasteiger partial charge in [-0.3, -0.25) is 4.79 Å². The lowest BCUT2D eigenvalue weighted by molar-refractivity contribution is -0.135. The summed E-state index contributed by atoms with van der Waals surface area (Å²) < 4.78 is 0. The predicted molar refractivity (Wildman–Crippen MR) is 63.7 cm³/mol. The molecule has 84 valence electrons. The number of amides is 1. The van der Waals surface area contributed by atoms with Crippen molar-refractivity contribution in [3.8, 4) is 0 Å². The molecule has 3 atom stereocenters. The van der Waals surface area contributed by atoms with Gasteiger partial charge in [0, 0.05) is 30.1 Å². The van der Waals surface area contributed by atoms with Gasteiger partial charge >= 0.3 is 0 Å². The summed E-state index contributed by atoms with van der Waals surface area (Å²) in [6.45, 7) is 3.02. The molecule has 0 aromatic heterocycles. The molecule has 0 aromatic carbocycles. The minimum atomic E-state index is 0.0329. The lowest BCUT2D eigenvalue weighted by atomic mass is 10.1. The van der Waals surface area contributed by atoms with Gasteiger partial charge < -0.3 is 10.6 Å². The SMILES string of the molecule is CC1CSCCN1C(=O)C1C=CC(N)C1. The number of thioether (sulfide) groups is 1. The van der Waals surface area contributed by atoms with E-state index in [2.05, 4.69) is 6.92 Å². The number of carbonyl (C=O) groups is 1. The van der Waals surface area contributed by atoms with Crippen molar-refractivity contribution in [3.63, 3.8) is 0 Å². The summed E-state index contributed by atoms with van der Waals surface area (Å²) in [5, 5.41) is 0. The van der Waals surface area contributed by atoms with Crippen LogP contribution < -0.4 is 5.73 Å². The first-order valence-electron chi connectivity index (χ1n) is 5.50. The highest BCUT2D eigenvalue weighted by molar-refractivity contribution is 7.99. The first-order valence-corrected chi connectivity index (χ1v) is 6.66. The summed E-state index contributed by atoms with van der Waals surface area (Å²) >= 11 is 1.93. The maximum absolute atomic E-state index is 12.2. The highest BCUT2D eigenvalue weighted by atomic mass is 32.2. The molecular formula is C11H18N2OS. The molecule has 3 nitrogen and oxygen atoms in total.